The molecular weight excluding hydrogens is 194 g/mol. The third kappa shape index (κ3) is 2.01. The van der Waals surface area contributed by atoms with Crippen LogP contribution in [0.4, 0.5) is 0 Å². The minimum Gasteiger partial charge on any atom is -0.316 e. The molecule has 1 saturated carbocycles. The summed E-state index contributed by atoms with van der Waals surface area (Å²) < 4.78 is 0. The molecule has 1 aromatic rings. The van der Waals surface area contributed by atoms with Crippen LogP contribution in [0.1, 0.15) is 36.8 Å². The Hall–Kier alpha value is -0.820. The SMILES string of the molecule is CC(CNCC1Cc2ccccc21)C1CC1. The molecular formula is C15H21N. The second kappa shape index (κ2) is 4.21. The molecule has 0 radical (unpaired) electrons. The van der Waals surface area contributed by atoms with Gasteiger partial charge in [-0.3, -0.25) is 0 Å². The van der Waals surface area contributed by atoms with E-state index in [4.69, 9.17) is 0 Å². The summed E-state index contributed by atoms with van der Waals surface area (Å²) in [6.45, 7) is 4.77. The summed E-state index contributed by atoms with van der Waals surface area (Å²) in [5.74, 6) is 2.69. The van der Waals surface area contributed by atoms with Gasteiger partial charge in [-0.2, -0.15) is 0 Å². The first-order chi connectivity index (χ1) is 7.84. The van der Waals surface area contributed by atoms with Crippen molar-refractivity contribution in [1.29, 1.82) is 0 Å². The van der Waals surface area contributed by atoms with Gasteiger partial charge < -0.3 is 5.32 Å². The van der Waals surface area contributed by atoms with Gasteiger partial charge in [-0.15, -0.1) is 0 Å². The molecule has 1 aromatic carbocycles. The normalized spacial score (nSPS) is 24.7. The Labute approximate surface area is 98.3 Å². The topological polar surface area (TPSA) is 12.0 Å². The van der Waals surface area contributed by atoms with Crippen molar-refractivity contribution in [2.75, 3.05) is 13.1 Å². The molecule has 0 saturated heterocycles. The predicted molar refractivity (Wildman–Crippen MR) is 67.6 cm³/mol. The number of nitrogens with one attached hydrogen (secondary N) is 1. The summed E-state index contributed by atoms with van der Waals surface area (Å²) in [4.78, 5) is 0. The maximum absolute atomic E-state index is 3.65. The van der Waals surface area contributed by atoms with Gasteiger partial charge in [0, 0.05) is 12.5 Å². The monoisotopic (exact) mass is 215 g/mol. The molecule has 2 aliphatic rings. The second-order valence-electron chi connectivity index (χ2n) is 5.57. The maximum atomic E-state index is 3.65. The third-order valence-corrected chi connectivity index (χ3v) is 4.25. The Morgan fingerprint density at radius 1 is 1.31 bits per heavy atom. The van der Waals surface area contributed by atoms with E-state index in [1.165, 1.54) is 32.4 Å². The zero-order valence-corrected chi connectivity index (χ0v) is 10.1. The number of hydrogen-bond acceptors (Lipinski definition) is 1. The van der Waals surface area contributed by atoms with Crippen LogP contribution < -0.4 is 5.32 Å². The molecule has 1 fully saturated rings. The smallest absolute Gasteiger partial charge is 0.00235 e. The molecule has 1 heteroatoms. The Kier molecular flexibility index (Phi) is 2.72. The van der Waals surface area contributed by atoms with Crippen LogP contribution in [0.2, 0.25) is 0 Å². The summed E-state index contributed by atoms with van der Waals surface area (Å²) in [7, 11) is 0. The summed E-state index contributed by atoms with van der Waals surface area (Å²) in [6, 6.07) is 8.86. The van der Waals surface area contributed by atoms with Crippen molar-refractivity contribution in [2.24, 2.45) is 11.8 Å². The van der Waals surface area contributed by atoms with Gasteiger partial charge in [-0.1, -0.05) is 31.2 Å². The van der Waals surface area contributed by atoms with Crippen LogP contribution in [0.15, 0.2) is 24.3 Å². The number of rotatable bonds is 5. The molecule has 2 atom stereocenters. The molecule has 2 unspecified atom stereocenters. The summed E-state index contributed by atoms with van der Waals surface area (Å²) >= 11 is 0. The quantitative estimate of drug-likeness (QED) is 0.796. The first kappa shape index (κ1) is 10.3. The van der Waals surface area contributed by atoms with Crippen LogP contribution in [0.25, 0.3) is 0 Å². The Bertz CT molecular complexity index is 367. The fourth-order valence-corrected chi connectivity index (χ4v) is 2.86. The van der Waals surface area contributed by atoms with Gasteiger partial charge in [0.2, 0.25) is 0 Å². The molecule has 86 valence electrons. The molecule has 0 aliphatic heterocycles. The van der Waals surface area contributed by atoms with Gasteiger partial charge >= 0.3 is 0 Å². The van der Waals surface area contributed by atoms with E-state index in [1.807, 2.05) is 0 Å². The van der Waals surface area contributed by atoms with Crippen LogP contribution in [-0.4, -0.2) is 13.1 Å². The van der Waals surface area contributed by atoms with Crippen LogP contribution in [0.5, 0.6) is 0 Å². The van der Waals surface area contributed by atoms with Gasteiger partial charge in [0.1, 0.15) is 0 Å². The van der Waals surface area contributed by atoms with Gasteiger partial charge in [0.05, 0.1) is 0 Å². The van der Waals surface area contributed by atoms with Crippen LogP contribution in [-0.2, 0) is 6.42 Å². The molecule has 3 rings (SSSR count). The highest BCUT2D eigenvalue weighted by Gasteiger charge is 2.28. The number of hydrogen-bond donors (Lipinski definition) is 1. The van der Waals surface area contributed by atoms with Crippen LogP contribution in [0, 0.1) is 11.8 Å². The van der Waals surface area contributed by atoms with Gasteiger partial charge in [-0.25, -0.2) is 0 Å². The molecule has 0 spiro atoms. The first-order valence-electron chi connectivity index (χ1n) is 6.63. The number of fused-ring (bicyclic) bond motifs is 1. The minimum absolute atomic E-state index is 0.780. The van der Waals surface area contributed by atoms with E-state index in [-0.39, 0.29) is 0 Å². The summed E-state index contributed by atoms with van der Waals surface area (Å²) in [6.07, 6.45) is 4.21. The highest BCUT2D eigenvalue weighted by atomic mass is 14.9. The van der Waals surface area contributed by atoms with Crippen LogP contribution >= 0.6 is 0 Å². The van der Waals surface area contributed by atoms with Gasteiger partial charge in [0.25, 0.3) is 0 Å². The van der Waals surface area contributed by atoms with E-state index in [1.54, 1.807) is 11.1 Å². The molecule has 1 nitrogen and oxygen atoms in total. The van der Waals surface area contributed by atoms with E-state index < -0.39 is 0 Å². The lowest BCUT2D eigenvalue weighted by Gasteiger charge is -2.30. The summed E-state index contributed by atoms with van der Waals surface area (Å²) in [5, 5.41) is 3.65. The number of benzene rings is 1. The lowest BCUT2D eigenvalue weighted by atomic mass is 9.77. The first-order valence-corrected chi connectivity index (χ1v) is 6.63. The second-order valence-corrected chi connectivity index (χ2v) is 5.57. The fraction of sp³-hybridized carbons (Fsp3) is 0.600. The molecule has 0 heterocycles. The molecule has 16 heavy (non-hydrogen) atoms. The average Bonchev–Trinajstić information content (AvgIpc) is 3.08. The molecule has 2 aliphatic carbocycles. The standard InChI is InChI=1S/C15H21N/c1-11(12-6-7-12)9-16-10-14-8-13-4-2-3-5-15(13)14/h2-5,11-12,14,16H,6-10H2,1H3. The largest absolute Gasteiger partial charge is 0.316 e. The molecule has 0 amide bonds. The van der Waals surface area contributed by atoms with Crippen LogP contribution in [0.3, 0.4) is 0 Å². The third-order valence-electron chi connectivity index (χ3n) is 4.25. The highest BCUT2D eigenvalue weighted by molar-refractivity contribution is 5.40. The molecule has 0 aromatic heterocycles. The Balaban J connectivity index is 1.44. The van der Waals surface area contributed by atoms with E-state index in [9.17, 15) is 0 Å². The highest BCUT2D eigenvalue weighted by Crippen LogP contribution is 2.37. The van der Waals surface area contributed by atoms with Crippen molar-refractivity contribution in [2.45, 2.75) is 32.1 Å². The van der Waals surface area contributed by atoms with E-state index in [0.29, 0.717) is 0 Å². The van der Waals surface area contributed by atoms with Crippen molar-refractivity contribution in [1.82, 2.24) is 5.32 Å². The minimum atomic E-state index is 0.780. The molecule has 1 N–H and O–H groups in total. The van der Waals surface area contributed by atoms with Gasteiger partial charge in [0.15, 0.2) is 0 Å². The predicted octanol–water partition coefficient (Wildman–Crippen LogP) is 2.96. The van der Waals surface area contributed by atoms with E-state index in [2.05, 4.69) is 36.5 Å². The van der Waals surface area contributed by atoms with Gasteiger partial charge in [-0.05, 0) is 48.8 Å². The van der Waals surface area contributed by atoms with E-state index >= 15 is 0 Å². The lowest BCUT2D eigenvalue weighted by molar-refractivity contribution is 0.438. The Morgan fingerprint density at radius 2 is 2.12 bits per heavy atom. The van der Waals surface area contributed by atoms with Crippen molar-refractivity contribution >= 4 is 0 Å². The van der Waals surface area contributed by atoms with Crippen molar-refractivity contribution < 1.29 is 0 Å². The average molecular weight is 215 g/mol. The zero-order chi connectivity index (χ0) is 11.0. The maximum Gasteiger partial charge on any atom is 0.00235 e. The lowest BCUT2D eigenvalue weighted by Crippen LogP contribution is -2.32. The van der Waals surface area contributed by atoms with E-state index in [0.717, 1.165) is 17.8 Å². The van der Waals surface area contributed by atoms with Crippen molar-refractivity contribution in [3.05, 3.63) is 35.4 Å². The van der Waals surface area contributed by atoms with Crippen molar-refractivity contribution in [3.8, 4) is 0 Å². The fourth-order valence-electron chi connectivity index (χ4n) is 2.86. The zero-order valence-electron chi connectivity index (χ0n) is 10.1. The summed E-state index contributed by atoms with van der Waals surface area (Å²) in [5.41, 5.74) is 3.14. The van der Waals surface area contributed by atoms with Crippen molar-refractivity contribution in [3.63, 3.8) is 0 Å². The Morgan fingerprint density at radius 3 is 2.88 bits per heavy atom. The molecule has 0 bridgehead atoms.